The molecule has 2 N–H and O–H groups in total. The van der Waals surface area contributed by atoms with E-state index in [2.05, 4.69) is 95.3 Å². The first-order valence-electron chi connectivity index (χ1n) is 9.85. The van der Waals surface area contributed by atoms with Crippen LogP contribution in [0.1, 0.15) is 53.9 Å². The molecule has 2 aromatic rings. The molecule has 0 heterocycles. The Hall–Kier alpha value is -1.42. The maximum atomic E-state index is 7.05. The highest BCUT2D eigenvalue weighted by Gasteiger charge is 2.50. The molecule has 0 radical (unpaired) electrons. The summed E-state index contributed by atoms with van der Waals surface area (Å²) >= 11 is 0. The number of hydrogen-bond donors (Lipinski definition) is 1. The van der Waals surface area contributed by atoms with Gasteiger partial charge in [-0.15, -0.1) is 0 Å². The van der Waals surface area contributed by atoms with Crippen molar-refractivity contribution in [2.75, 3.05) is 0 Å². The second kappa shape index (κ2) is 8.98. The number of rotatable bonds is 8. The van der Waals surface area contributed by atoms with Crippen LogP contribution in [-0.2, 0) is 4.43 Å². The number of hydrogen-bond acceptors (Lipinski definition) is 2. The van der Waals surface area contributed by atoms with Crippen LogP contribution in [0.4, 0.5) is 0 Å². The second-order valence-electron chi connectivity index (χ2n) is 8.34. The van der Waals surface area contributed by atoms with Crippen LogP contribution in [0.25, 0.3) is 0 Å². The highest BCUT2D eigenvalue weighted by molar-refractivity contribution is 6.99. The van der Waals surface area contributed by atoms with Crippen molar-refractivity contribution in [3.63, 3.8) is 0 Å². The first-order chi connectivity index (χ1) is 12.3. The Bertz CT molecular complexity index is 611. The molecule has 3 heteroatoms. The van der Waals surface area contributed by atoms with E-state index < -0.39 is 8.32 Å². The predicted octanol–water partition coefficient (Wildman–Crippen LogP) is 4.47. The van der Waals surface area contributed by atoms with Crippen LogP contribution in [0.15, 0.2) is 60.7 Å². The molecular weight excluding hydrogens is 334 g/mol. The summed E-state index contributed by atoms with van der Waals surface area (Å²) in [7, 11) is -2.44. The van der Waals surface area contributed by atoms with Gasteiger partial charge in [-0.25, -0.2) is 0 Å². The van der Waals surface area contributed by atoms with Crippen LogP contribution >= 0.6 is 0 Å². The standard InChI is InChI=1S/C23H35NOSi/c1-6-20(24)18-17-19(2)25-26(23(3,4)5,21-13-9-7-10-14-21)22-15-11-8-12-16-22/h7-16,19-20H,6,17-18,24H2,1-5H3/t19-,20+/m0/s1. The van der Waals surface area contributed by atoms with Crippen LogP contribution in [0.3, 0.4) is 0 Å². The summed E-state index contributed by atoms with van der Waals surface area (Å²) in [6.07, 6.45) is 3.21. The van der Waals surface area contributed by atoms with Gasteiger partial charge in [-0.3, -0.25) is 0 Å². The summed E-state index contributed by atoms with van der Waals surface area (Å²) in [5.41, 5.74) is 6.15. The second-order valence-corrected chi connectivity index (χ2v) is 12.6. The Balaban J connectivity index is 2.47. The zero-order valence-electron chi connectivity index (χ0n) is 17.0. The number of benzene rings is 2. The van der Waals surface area contributed by atoms with Crippen molar-refractivity contribution >= 4 is 18.7 Å². The van der Waals surface area contributed by atoms with Gasteiger partial charge in [0.05, 0.1) is 0 Å². The van der Waals surface area contributed by atoms with Gasteiger partial charge >= 0.3 is 0 Å². The van der Waals surface area contributed by atoms with Gasteiger partial charge in [-0.05, 0) is 41.6 Å². The lowest BCUT2D eigenvalue weighted by molar-refractivity contribution is 0.190. The first kappa shape index (κ1) is 20.9. The van der Waals surface area contributed by atoms with E-state index in [-0.39, 0.29) is 17.2 Å². The van der Waals surface area contributed by atoms with Gasteiger partial charge in [0, 0.05) is 12.1 Å². The van der Waals surface area contributed by atoms with E-state index >= 15 is 0 Å². The third-order valence-electron chi connectivity index (χ3n) is 5.26. The summed E-state index contributed by atoms with van der Waals surface area (Å²) < 4.78 is 7.05. The zero-order chi connectivity index (χ0) is 19.2. The van der Waals surface area contributed by atoms with E-state index in [1.165, 1.54) is 10.4 Å². The maximum Gasteiger partial charge on any atom is 0.261 e. The van der Waals surface area contributed by atoms with E-state index in [4.69, 9.17) is 10.2 Å². The highest BCUT2D eigenvalue weighted by atomic mass is 28.4. The van der Waals surface area contributed by atoms with Crippen LogP contribution in [0.2, 0.25) is 5.04 Å². The molecule has 0 aliphatic rings. The van der Waals surface area contributed by atoms with Crippen molar-refractivity contribution in [3.8, 4) is 0 Å². The molecule has 2 nitrogen and oxygen atoms in total. The Morgan fingerprint density at radius 1 is 0.885 bits per heavy atom. The molecule has 2 rings (SSSR count). The largest absolute Gasteiger partial charge is 0.405 e. The third-order valence-corrected chi connectivity index (χ3v) is 10.4. The first-order valence-corrected chi connectivity index (χ1v) is 11.8. The van der Waals surface area contributed by atoms with E-state index in [0.717, 1.165) is 19.3 Å². The molecule has 0 spiro atoms. The lowest BCUT2D eigenvalue weighted by atomic mass is 10.1. The molecule has 26 heavy (non-hydrogen) atoms. The van der Waals surface area contributed by atoms with Gasteiger partial charge in [0.25, 0.3) is 8.32 Å². The minimum absolute atomic E-state index is 0.0246. The Kier molecular flexibility index (Phi) is 7.21. The molecule has 0 aliphatic carbocycles. The fraction of sp³-hybridized carbons (Fsp3) is 0.478. The molecule has 0 fully saturated rings. The van der Waals surface area contributed by atoms with Crippen LogP contribution in [0, 0.1) is 0 Å². The molecule has 2 atom stereocenters. The fourth-order valence-electron chi connectivity index (χ4n) is 3.70. The van der Waals surface area contributed by atoms with Gasteiger partial charge in [-0.2, -0.15) is 0 Å². The third kappa shape index (κ3) is 4.64. The van der Waals surface area contributed by atoms with Gasteiger partial charge in [0.15, 0.2) is 0 Å². The Labute approximate surface area is 160 Å². The quantitative estimate of drug-likeness (QED) is 0.697. The minimum atomic E-state index is -2.44. The lowest BCUT2D eigenvalue weighted by Crippen LogP contribution is -2.67. The number of nitrogens with two attached hydrogens (primary N) is 1. The van der Waals surface area contributed by atoms with Gasteiger partial charge in [0.2, 0.25) is 0 Å². The molecule has 0 amide bonds. The maximum absolute atomic E-state index is 7.05. The average molecular weight is 370 g/mol. The fourth-order valence-corrected chi connectivity index (χ4v) is 8.44. The molecule has 0 aromatic heterocycles. The van der Waals surface area contributed by atoms with E-state index in [1.54, 1.807) is 0 Å². The summed E-state index contributed by atoms with van der Waals surface area (Å²) in [6, 6.07) is 21.9. The van der Waals surface area contributed by atoms with Crippen molar-refractivity contribution in [2.45, 2.75) is 71.1 Å². The van der Waals surface area contributed by atoms with E-state index in [0.29, 0.717) is 0 Å². The van der Waals surface area contributed by atoms with Gasteiger partial charge < -0.3 is 10.2 Å². The summed E-state index contributed by atoms with van der Waals surface area (Å²) in [6.45, 7) is 11.3. The molecule has 142 valence electrons. The Morgan fingerprint density at radius 3 is 1.73 bits per heavy atom. The molecule has 0 saturated carbocycles. The zero-order valence-corrected chi connectivity index (χ0v) is 18.0. The topological polar surface area (TPSA) is 35.2 Å². The van der Waals surface area contributed by atoms with Crippen LogP contribution < -0.4 is 16.1 Å². The summed E-state index contributed by atoms with van der Waals surface area (Å²) in [5, 5.41) is 2.70. The van der Waals surface area contributed by atoms with Crippen molar-refractivity contribution < 1.29 is 4.43 Å². The molecule has 0 unspecified atom stereocenters. The van der Waals surface area contributed by atoms with Crippen molar-refractivity contribution in [2.24, 2.45) is 5.73 Å². The predicted molar refractivity (Wildman–Crippen MR) is 116 cm³/mol. The monoisotopic (exact) mass is 369 g/mol. The summed E-state index contributed by atoms with van der Waals surface area (Å²) in [5.74, 6) is 0. The van der Waals surface area contributed by atoms with Crippen molar-refractivity contribution in [1.29, 1.82) is 0 Å². The SMILES string of the molecule is CC[C@@H](N)CC[C@H](C)O[Si](c1ccccc1)(c1ccccc1)C(C)(C)C. The van der Waals surface area contributed by atoms with E-state index in [1.807, 2.05) is 0 Å². The van der Waals surface area contributed by atoms with Crippen LogP contribution in [-0.4, -0.2) is 20.5 Å². The van der Waals surface area contributed by atoms with Crippen molar-refractivity contribution in [3.05, 3.63) is 60.7 Å². The van der Waals surface area contributed by atoms with Crippen molar-refractivity contribution in [1.82, 2.24) is 0 Å². The molecule has 0 aliphatic heterocycles. The molecular formula is C23H35NOSi. The Morgan fingerprint density at radius 2 is 1.35 bits per heavy atom. The summed E-state index contributed by atoms with van der Waals surface area (Å²) in [4.78, 5) is 0. The molecule has 2 aromatic carbocycles. The van der Waals surface area contributed by atoms with Gasteiger partial charge in [0.1, 0.15) is 0 Å². The van der Waals surface area contributed by atoms with E-state index in [9.17, 15) is 0 Å². The average Bonchev–Trinajstić information content (AvgIpc) is 2.64. The smallest absolute Gasteiger partial charge is 0.261 e. The van der Waals surface area contributed by atoms with Gasteiger partial charge in [-0.1, -0.05) is 88.4 Å². The molecule has 0 saturated heterocycles. The lowest BCUT2D eigenvalue weighted by Gasteiger charge is -2.44. The minimum Gasteiger partial charge on any atom is -0.405 e. The highest BCUT2D eigenvalue weighted by Crippen LogP contribution is 2.37. The molecule has 0 bridgehead atoms. The van der Waals surface area contributed by atoms with Crippen LogP contribution in [0.5, 0.6) is 0 Å². The normalized spacial score (nSPS) is 14.8.